The molecule has 2 aliphatic rings. The van der Waals surface area contributed by atoms with Crippen molar-refractivity contribution in [3.63, 3.8) is 0 Å². The summed E-state index contributed by atoms with van der Waals surface area (Å²) in [5.74, 6) is 1.30. The smallest absolute Gasteiger partial charge is 0.410 e. The van der Waals surface area contributed by atoms with Gasteiger partial charge >= 0.3 is 6.09 Å². The lowest BCUT2D eigenvalue weighted by atomic mass is 10.0. The zero-order chi connectivity index (χ0) is 25.3. The van der Waals surface area contributed by atoms with Gasteiger partial charge in [0.2, 0.25) is 0 Å². The molecule has 36 heavy (non-hydrogen) atoms. The topological polar surface area (TPSA) is 83.6 Å². The Bertz CT molecular complexity index is 1280. The Hall–Kier alpha value is -3.57. The molecule has 2 aromatic heterocycles. The van der Waals surface area contributed by atoms with Crippen LogP contribution >= 0.6 is 0 Å². The minimum absolute atomic E-state index is 0.234. The molecule has 0 bridgehead atoms. The number of carbonyl (C=O) groups excluding carboxylic acids is 1. The van der Waals surface area contributed by atoms with Crippen molar-refractivity contribution in [1.29, 1.82) is 5.26 Å². The number of ether oxygens (including phenoxy) is 2. The first-order valence-corrected chi connectivity index (χ1v) is 12.6. The minimum atomic E-state index is -0.489. The lowest BCUT2D eigenvalue weighted by Crippen LogP contribution is -2.37. The highest BCUT2D eigenvalue weighted by Gasteiger charge is 2.30. The summed E-state index contributed by atoms with van der Waals surface area (Å²) in [6.45, 7) is 10.9. The van der Waals surface area contributed by atoms with Gasteiger partial charge in [0, 0.05) is 44.5 Å². The van der Waals surface area contributed by atoms with E-state index in [-0.39, 0.29) is 6.09 Å². The number of benzene rings is 1. The molecule has 0 saturated carbocycles. The van der Waals surface area contributed by atoms with Crippen LogP contribution in [0.4, 0.5) is 10.6 Å². The highest BCUT2D eigenvalue weighted by molar-refractivity contribution is 5.88. The van der Waals surface area contributed by atoms with Gasteiger partial charge in [0.25, 0.3) is 0 Å². The fraction of sp³-hybridized carbons (Fsp3) is 0.464. The fourth-order valence-electron chi connectivity index (χ4n) is 4.96. The maximum atomic E-state index is 12.5. The van der Waals surface area contributed by atoms with Gasteiger partial charge in [-0.2, -0.15) is 5.26 Å². The van der Waals surface area contributed by atoms with E-state index in [2.05, 4.69) is 33.9 Å². The van der Waals surface area contributed by atoms with E-state index < -0.39 is 5.60 Å². The molecule has 1 amide bonds. The predicted octanol–water partition coefficient (Wildman–Crippen LogP) is 4.67. The number of nitriles is 1. The number of aromatic nitrogens is 2. The zero-order valence-corrected chi connectivity index (χ0v) is 21.2. The van der Waals surface area contributed by atoms with Crippen LogP contribution in [-0.2, 0) is 16.0 Å². The van der Waals surface area contributed by atoms with Crippen molar-refractivity contribution in [2.24, 2.45) is 5.92 Å². The summed E-state index contributed by atoms with van der Waals surface area (Å²) in [5.41, 5.74) is 4.26. The summed E-state index contributed by atoms with van der Waals surface area (Å²) in [6, 6.07) is 14.2. The first-order valence-electron chi connectivity index (χ1n) is 12.6. The van der Waals surface area contributed by atoms with Crippen LogP contribution in [0.25, 0.3) is 22.2 Å². The van der Waals surface area contributed by atoms with E-state index in [0.717, 1.165) is 54.0 Å². The van der Waals surface area contributed by atoms with Crippen LogP contribution in [0, 0.1) is 17.2 Å². The molecule has 188 valence electrons. The van der Waals surface area contributed by atoms with Gasteiger partial charge in [-0.15, -0.1) is 0 Å². The standard InChI is InChI=1S/C28H33N5O3/c1-28(2,3)36-27(34)33-10-8-21(19-33)18-32-11-9-24-25(32)16-23(22-6-4-20(17-29)5-7-22)26(30-24)31-12-14-35-15-13-31/h4-7,9,11,16,21H,8,10,12-15,18-19H2,1-3H3. The maximum Gasteiger partial charge on any atom is 0.410 e. The van der Waals surface area contributed by atoms with Gasteiger partial charge in [0.1, 0.15) is 11.4 Å². The van der Waals surface area contributed by atoms with E-state index in [0.29, 0.717) is 37.8 Å². The summed E-state index contributed by atoms with van der Waals surface area (Å²) < 4.78 is 13.4. The van der Waals surface area contributed by atoms with Crippen molar-refractivity contribution in [3.8, 4) is 17.2 Å². The third kappa shape index (κ3) is 5.17. The van der Waals surface area contributed by atoms with Crippen molar-refractivity contribution in [3.05, 3.63) is 48.2 Å². The number of rotatable bonds is 4. The molecular weight excluding hydrogens is 454 g/mol. The van der Waals surface area contributed by atoms with Crippen molar-refractivity contribution >= 4 is 22.9 Å². The molecule has 1 aromatic carbocycles. The number of pyridine rings is 1. The summed E-state index contributed by atoms with van der Waals surface area (Å²) in [4.78, 5) is 21.7. The van der Waals surface area contributed by atoms with Gasteiger partial charge in [-0.25, -0.2) is 9.78 Å². The van der Waals surface area contributed by atoms with E-state index in [1.54, 1.807) is 0 Å². The van der Waals surface area contributed by atoms with Crippen LogP contribution < -0.4 is 4.90 Å². The van der Waals surface area contributed by atoms with E-state index in [9.17, 15) is 10.1 Å². The van der Waals surface area contributed by atoms with Crippen LogP contribution in [0.3, 0.4) is 0 Å². The molecule has 1 unspecified atom stereocenters. The number of hydrogen-bond acceptors (Lipinski definition) is 6. The highest BCUT2D eigenvalue weighted by Crippen LogP contribution is 2.34. The summed E-state index contributed by atoms with van der Waals surface area (Å²) >= 11 is 0. The Balaban J connectivity index is 1.43. The van der Waals surface area contributed by atoms with Crippen LogP contribution in [0.2, 0.25) is 0 Å². The second-order valence-corrected chi connectivity index (χ2v) is 10.6. The molecule has 0 N–H and O–H groups in total. The first-order chi connectivity index (χ1) is 17.3. The Kier molecular flexibility index (Phi) is 6.59. The van der Waals surface area contributed by atoms with E-state index in [1.807, 2.05) is 49.9 Å². The first kappa shape index (κ1) is 24.1. The third-order valence-corrected chi connectivity index (χ3v) is 6.76. The van der Waals surface area contributed by atoms with Gasteiger partial charge in [-0.3, -0.25) is 0 Å². The highest BCUT2D eigenvalue weighted by atomic mass is 16.6. The van der Waals surface area contributed by atoms with Crippen molar-refractivity contribution < 1.29 is 14.3 Å². The van der Waals surface area contributed by atoms with Gasteiger partial charge in [0.15, 0.2) is 0 Å². The molecule has 3 aromatic rings. The third-order valence-electron chi connectivity index (χ3n) is 6.76. The average Bonchev–Trinajstić information content (AvgIpc) is 3.50. The zero-order valence-electron chi connectivity index (χ0n) is 21.2. The number of nitrogens with zero attached hydrogens (tertiary/aromatic N) is 5. The Morgan fingerprint density at radius 2 is 1.92 bits per heavy atom. The normalized spacial score (nSPS) is 18.4. The van der Waals surface area contributed by atoms with Crippen LogP contribution in [-0.4, -0.2) is 65.5 Å². The van der Waals surface area contributed by atoms with Crippen LogP contribution in [0.15, 0.2) is 42.6 Å². The molecule has 2 saturated heterocycles. The van der Waals surface area contributed by atoms with Gasteiger partial charge in [-0.05, 0) is 62.9 Å². The van der Waals surface area contributed by atoms with Gasteiger partial charge < -0.3 is 23.8 Å². The van der Waals surface area contributed by atoms with E-state index >= 15 is 0 Å². The number of fused-ring (bicyclic) bond motifs is 1. The lowest BCUT2D eigenvalue weighted by Gasteiger charge is -2.29. The quantitative estimate of drug-likeness (QED) is 0.532. The minimum Gasteiger partial charge on any atom is -0.444 e. The number of morpholine rings is 1. The molecule has 2 fully saturated rings. The maximum absolute atomic E-state index is 12.5. The molecule has 8 nitrogen and oxygen atoms in total. The predicted molar refractivity (Wildman–Crippen MR) is 139 cm³/mol. The largest absolute Gasteiger partial charge is 0.444 e. The monoisotopic (exact) mass is 487 g/mol. The number of hydrogen-bond donors (Lipinski definition) is 0. The fourth-order valence-corrected chi connectivity index (χ4v) is 4.96. The second-order valence-electron chi connectivity index (χ2n) is 10.6. The number of amides is 1. The summed E-state index contributed by atoms with van der Waals surface area (Å²) in [6.07, 6.45) is 2.81. The van der Waals surface area contributed by atoms with Crippen molar-refractivity contribution in [1.82, 2.24) is 14.5 Å². The molecule has 2 aliphatic heterocycles. The van der Waals surface area contributed by atoms with E-state index in [4.69, 9.17) is 14.5 Å². The van der Waals surface area contributed by atoms with E-state index in [1.165, 1.54) is 0 Å². The molecule has 8 heteroatoms. The van der Waals surface area contributed by atoms with Crippen molar-refractivity contribution in [2.45, 2.75) is 39.3 Å². The molecule has 5 rings (SSSR count). The van der Waals surface area contributed by atoms with Crippen LogP contribution in [0.5, 0.6) is 0 Å². The Morgan fingerprint density at radius 3 is 2.61 bits per heavy atom. The number of anilines is 1. The molecule has 0 aliphatic carbocycles. The van der Waals surface area contributed by atoms with Crippen LogP contribution in [0.1, 0.15) is 32.8 Å². The number of likely N-dealkylation sites (tertiary alicyclic amines) is 1. The Morgan fingerprint density at radius 1 is 1.17 bits per heavy atom. The molecule has 4 heterocycles. The molecule has 0 radical (unpaired) electrons. The second kappa shape index (κ2) is 9.82. The molecule has 1 atom stereocenters. The lowest BCUT2D eigenvalue weighted by molar-refractivity contribution is 0.0287. The summed E-state index contributed by atoms with van der Waals surface area (Å²) in [7, 11) is 0. The number of carbonyl (C=O) groups is 1. The average molecular weight is 488 g/mol. The van der Waals surface area contributed by atoms with Crippen molar-refractivity contribution in [2.75, 3.05) is 44.3 Å². The van der Waals surface area contributed by atoms with Gasteiger partial charge in [-0.1, -0.05) is 12.1 Å². The molecule has 0 spiro atoms. The summed E-state index contributed by atoms with van der Waals surface area (Å²) in [5, 5.41) is 9.23. The Labute approximate surface area is 212 Å². The SMILES string of the molecule is CC(C)(C)OC(=O)N1CCC(Cn2ccc3nc(N4CCOCC4)c(-c4ccc(C#N)cc4)cc32)C1. The molecular formula is C28H33N5O3. The van der Waals surface area contributed by atoms with Gasteiger partial charge in [0.05, 0.1) is 35.9 Å².